The fourth-order valence-corrected chi connectivity index (χ4v) is 5.78. The third-order valence-electron chi connectivity index (χ3n) is 5.59. The van der Waals surface area contributed by atoms with Crippen molar-refractivity contribution in [2.45, 2.75) is 40.2 Å². The summed E-state index contributed by atoms with van der Waals surface area (Å²) in [5.74, 6) is -0.696. The SMILES string of the molecule is CCc1ccccc1N1CC(C(=O)Nc2nc(-c3ccc(CNC(C)=O)s3)c(C)s2)CC1=O. The van der Waals surface area contributed by atoms with Gasteiger partial charge >= 0.3 is 0 Å². The first-order valence-corrected chi connectivity index (χ1v) is 12.5. The van der Waals surface area contributed by atoms with Gasteiger partial charge in [-0.2, -0.15) is 0 Å². The third kappa shape index (κ3) is 5.15. The van der Waals surface area contributed by atoms with Crippen molar-refractivity contribution in [3.05, 3.63) is 51.7 Å². The standard InChI is InChI=1S/C24H26N4O3S2/c1-4-16-7-5-6-8-19(16)28-13-17(11-21(28)30)23(31)27-24-26-22(14(2)32-24)20-10-9-18(33-20)12-25-15(3)29/h5-10,17H,4,11-13H2,1-3H3,(H,25,29)(H,26,27,31). The maximum Gasteiger partial charge on any atom is 0.231 e. The zero-order valence-corrected chi connectivity index (χ0v) is 20.4. The minimum Gasteiger partial charge on any atom is -0.351 e. The molecule has 33 heavy (non-hydrogen) atoms. The van der Waals surface area contributed by atoms with Crippen LogP contribution >= 0.6 is 22.7 Å². The van der Waals surface area contributed by atoms with Crippen LogP contribution < -0.4 is 15.5 Å². The number of thiazole rings is 1. The normalized spacial score (nSPS) is 15.7. The third-order valence-corrected chi connectivity index (χ3v) is 7.57. The highest BCUT2D eigenvalue weighted by Gasteiger charge is 2.36. The number of anilines is 2. The molecular formula is C24H26N4O3S2. The number of hydrogen-bond acceptors (Lipinski definition) is 6. The molecule has 1 unspecified atom stereocenters. The van der Waals surface area contributed by atoms with E-state index >= 15 is 0 Å². The van der Waals surface area contributed by atoms with Gasteiger partial charge in [0.1, 0.15) is 0 Å². The van der Waals surface area contributed by atoms with Gasteiger partial charge in [0, 0.05) is 35.3 Å². The summed E-state index contributed by atoms with van der Waals surface area (Å²) in [6.45, 7) is 6.38. The van der Waals surface area contributed by atoms with E-state index in [1.54, 1.807) is 16.2 Å². The van der Waals surface area contributed by atoms with E-state index in [2.05, 4.69) is 22.5 Å². The van der Waals surface area contributed by atoms with E-state index in [0.29, 0.717) is 18.2 Å². The van der Waals surface area contributed by atoms with Crippen molar-refractivity contribution >= 4 is 51.2 Å². The average Bonchev–Trinajstić information content (AvgIpc) is 3.50. The van der Waals surface area contributed by atoms with Crippen LogP contribution in [0.15, 0.2) is 36.4 Å². The quantitative estimate of drug-likeness (QED) is 0.523. The van der Waals surface area contributed by atoms with Crippen molar-refractivity contribution < 1.29 is 14.4 Å². The zero-order valence-electron chi connectivity index (χ0n) is 18.8. The lowest BCUT2D eigenvalue weighted by molar-refractivity contribution is -0.122. The van der Waals surface area contributed by atoms with E-state index in [1.165, 1.54) is 18.3 Å². The molecule has 172 valence electrons. The molecule has 2 N–H and O–H groups in total. The van der Waals surface area contributed by atoms with E-state index in [9.17, 15) is 14.4 Å². The second kappa shape index (κ2) is 9.84. The monoisotopic (exact) mass is 482 g/mol. The summed E-state index contributed by atoms with van der Waals surface area (Å²) in [4.78, 5) is 46.1. The van der Waals surface area contributed by atoms with Crippen LogP contribution in [0.5, 0.6) is 0 Å². The number of aromatic nitrogens is 1. The number of nitrogens with one attached hydrogen (secondary N) is 2. The summed E-state index contributed by atoms with van der Waals surface area (Å²) in [7, 11) is 0. The van der Waals surface area contributed by atoms with E-state index in [4.69, 9.17) is 0 Å². The van der Waals surface area contributed by atoms with Gasteiger partial charge in [0.15, 0.2) is 5.13 Å². The molecule has 1 saturated heterocycles. The number of carbonyl (C=O) groups excluding carboxylic acids is 3. The first-order chi connectivity index (χ1) is 15.9. The Balaban J connectivity index is 1.43. The molecule has 3 heterocycles. The molecule has 0 aliphatic carbocycles. The van der Waals surface area contributed by atoms with E-state index < -0.39 is 5.92 Å². The van der Waals surface area contributed by atoms with Gasteiger partial charge in [-0.15, -0.1) is 22.7 Å². The summed E-state index contributed by atoms with van der Waals surface area (Å²) in [5, 5.41) is 6.25. The number of thiophene rings is 1. The molecule has 3 amide bonds. The van der Waals surface area contributed by atoms with Crippen LogP contribution in [-0.4, -0.2) is 29.3 Å². The second-order valence-electron chi connectivity index (χ2n) is 7.98. The molecule has 1 aliphatic heterocycles. The van der Waals surface area contributed by atoms with Crippen LogP contribution in [0.2, 0.25) is 0 Å². The number of carbonyl (C=O) groups is 3. The van der Waals surface area contributed by atoms with Crippen molar-refractivity contribution in [2.24, 2.45) is 5.92 Å². The maximum atomic E-state index is 12.9. The average molecular weight is 483 g/mol. The molecule has 3 aromatic rings. The van der Waals surface area contributed by atoms with Gasteiger partial charge in [0.25, 0.3) is 0 Å². The Labute approximate surface area is 200 Å². The molecule has 1 aliphatic rings. The second-order valence-corrected chi connectivity index (χ2v) is 10.3. The highest BCUT2D eigenvalue weighted by molar-refractivity contribution is 7.18. The number of hydrogen-bond donors (Lipinski definition) is 2. The zero-order chi connectivity index (χ0) is 23.5. The molecule has 0 radical (unpaired) electrons. The summed E-state index contributed by atoms with van der Waals surface area (Å²) in [5.41, 5.74) is 2.82. The molecule has 0 bridgehead atoms. The van der Waals surface area contributed by atoms with E-state index in [1.807, 2.05) is 43.3 Å². The van der Waals surface area contributed by atoms with Crippen molar-refractivity contribution in [3.63, 3.8) is 0 Å². The molecule has 1 atom stereocenters. The van der Waals surface area contributed by atoms with Crippen LogP contribution in [-0.2, 0) is 27.3 Å². The lowest BCUT2D eigenvalue weighted by Gasteiger charge is -2.19. The molecule has 7 nitrogen and oxygen atoms in total. The number of para-hydroxylation sites is 1. The lowest BCUT2D eigenvalue weighted by atomic mass is 10.1. The number of aryl methyl sites for hydroxylation is 2. The van der Waals surface area contributed by atoms with Gasteiger partial charge in [-0.1, -0.05) is 25.1 Å². The van der Waals surface area contributed by atoms with Crippen molar-refractivity contribution in [1.82, 2.24) is 10.3 Å². The lowest BCUT2D eigenvalue weighted by Crippen LogP contribution is -2.28. The molecule has 0 spiro atoms. The molecule has 1 aromatic carbocycles. The van der Waals surface area contributed by atoms with Crippen LogP contribution in [0, 0.1) is 12.8 Å². The molecule has 4 rings (SSSR count). The van der Waals surface area contributed by atoms with Gasteiger partial charge in [0.2, 0.25) is 17.7 Å². The molecule has 0 saturated carbocycles. The van der Waals surface area contributed by atoms with Gasteiger partial charge in [-0.25, -0.2) is 4.98 Å². The Bertz CT molecular complexity index is 1200. The Morgan fingerprint density at radius 3 is 2.73 bits per heavy atom. The number of rotatable bonds is 7. The van der Waals surface area contributed by atoms with Gasteiger partial charge in [-0.05, 0) is 37.1 Å². The Hall–Kier alpha value is -3.04. The number of amides is 3. The Morgan fingerprint density at radius 2 is 1.97 bits per heavy atom. The predicted molar refractivity (Wildman–Crippen MR) is 133 cm³/mol. The van der Waals surface area contributed by atoms with Crippen LogP contribution in [0.3, 0.4) is 0 Å². The largest absolute Gasteiger partial charge is 0.351 e. The van der Waals surface area contributed by atoms with Gasteiger partial charge < -0.3 is 15.5 Å². The highest BCUT2D eigenvalue weighted by Crippen LogP contribution is 2.35. The van der Waals surface area contributed by atoms with Gasteiger partial charge in [-0.3, -0.25) is 14.4 Å². The summed E-state index contributed by atoms with van der Waals surface area (Å²) in [6.07, 6.45) is 1.02. The topological polar surface area (TPSA) is 91.4 Å². The maximum absolute atomic E-state index is 12.9. The van der Waals surface area contributed by atoms with E-state index in [0.717, 1.165) is 38.0 Å². The molecule has 1 fully saturated rings. The minimum absolute atomic E-state index is 0.0302. The van der Waals surface area contributed by atoms with Crippen LogP contribution in [0.4, 0.5) is 10.8 Å². The molecular weight excluding hydrogens is 456 g/mol. The predicted octanol–water partition coefficient (Wildman–Crippen LogP) is 4.37. The van der Waals surface area contributed by atoms with Crippen LogP contribution in [0.25, 0.3) is 10.6 Å². The smallest absolute Gasteiger partial charge is 0.231 e. The van der Waals surface area contributed by atoms with Crippen molar-refractivity contribution in [2.75, 3.05) is 16.8 Å². The summed E-state index contributed by atoms with van der Waals surface area (Å²) in [6, 6.07) is 11.8. The first-order valence-electron chi connectivity index (χ1n) is 10.9. The summed E-state index contributed by atoms with van der Waals surface area (Å²) < 4.78 is 0. The Kier molecular flexibility index (Phi) is 6.90. The molecule has 9 heteroatoms. The highest BCUT2D eigenvalue weighted by atomic mass is 32.1. The van der Waals surface area contributed by atoms with Crippen molar-refractivity contribution in [3.8, 4) is 10.6 Å². The molecule has 2 aromatic heterocycles. The van der Waals surface area contributed by atoms with E-state index in [-0.39, 0.29) is 24.1 Å². The van der Waals surface area contributed by atoms with Crippen molar-refractivity contribution in [1.29, 1.82) is 0 Å². The van der Waals surface area contributed by atoms with Gasteiger partial charge in [0.05, 0.1) is 23.0 Å². The number of nitrogens with zero attached hydrogens (tertiary/aromatic N) is 2. The fourth-order valence-electron chi connectivity index (χ4n) is 3.89. The number of benzene rings is 1. The summed E-state index contributed by atoms with van der Waals surface area (Å²) >= 11 is 2.99. The minimum atomic E-state index is -0.416. The Morgan fingerprint density at radius 1 is 1.18 bits per heavy atom. The fraction of sp³-hybridized carbons (Fsp3) is 0.333. The van der Waals surface area contributed by atoms with Crippen LogP contribution in [0.1, 0.15) is 35.6 Å². The first kappa shape index (κ1) is 23.1.